The number of halogens is 1. The maximum atomic E-state index is 12.0. The molecular weight excluding hydrogens is 254 g/mol. The number of carbonyl (C=O) groups is 1. The van der Waals surface area contributed by atoms with Crippen molar-refractivity contribution in [1.82, 2.24) is 14.8 Å². The van der Waals surface area contributed by atoms with Crippen molar-refractivity contribution < 1.29 is 4.79 Å². The molecule has 2 aromatic rings. The topological polar surface area (TPSA) is 85.8 Å². The Morgan fingerprint density at radius 1 is 1.56 bits per heavy atom. The van der Waals surface area contributed by atoms with Crippen LogP contribution in [0.15, 0.2) is 18.5 Å². The molecule has 0 aliphatic carbocycles. The standard InChI is InChI=1S/C11H12ClN5O/c1-6-9(5-17(2)16-6)15-11(18)7-3-10(13)14-4-8(7)12/h3-5H,1-2H3,(H2,13,14)(H,15,18). The molecule has 0 aliphatic heterocycles. The molecule has 1 amide bonds. The predicted octanol–water partition coefficient (Wildman–Crippen LogP) is 1.61. The van der Waals surface area contributed by atoms with Crippen molar-refractivity contribution in [2.24, 2.45) is 7.05 Å². The molecule has 0 atom stereocenters. The van der Waals surface area contributed by atoms with E-state index in [2.05, 4.69) is 15.4 Å². The second-order valence-electron chi connectivity index (χ2n) is 3.84. The number of carbonyl (C=O) groups excluding carboxylic acids is 1. The van der Waals surface area contributed by atoms with E-state index < -0.39 is 0 Å². The van der Waals surface area contributed by atoms with Crippen LogP contribution in [0.5, 0.6) is 0 Å². The van der Waals surface area contributed by atoms with E-state index in [1.807, 2.05) is 0 Å². The minimum atomic E-state index is -0.342. The van der Waals surface area contributed by atoms with Crippen LogP contribution >= 0.6 is 11.6 Å². The molecule has 0 fully saturated rings. The van der Waals surface area contributed by atoms with E-state index in [0.29, 0.717) is 5.69 Å². The number of hydrogen-bond donors (Lipinski definition) is 2. The van der Waals surface area contributed by atoms with Crippen LogP contribution in [-0.2, 0) is 7.05 Å². The number of anilines is 2. The fourth-order valence-corrected chi connectivity index (χ4v) is 1.73. The first-order valence-corrected chi connectivity index (χ1v) is 5.58. The molecule has 0 saturated carbocycles. The Labute approximate surface area is 109 Å². The van der Waals surface area contributed by atoms with Gasteiger partial charge in [-0.2, -0.15) is 5.10 Å². The van der Waals surface area contributed by atoms with Crippen LogP contribution in [-0.4, -0.2) is 20.7 Å². The average molecular weight is 266 g/mol. The highest BCUT2D eigenvalue weighted by atomic mass is 35.5. The molecule has 0 bridgehead atoms. The van der Waals surface area contributed by atoms with Gasteiger partial charge in [0.05, 0.1) is 22.0 Å². The minimum absolute atomic E-state index is 0.243. The summed E-state index contributed by atoms with van der Waals surface area (Å²) in [6.07, 6.45) is 3.06. The number of nitrogen functional groups attached to an aromatic ring is 1. The zero-order valence-corrected chi connectivity index (χ0v) is 10.7. The smallest absolute Gasteiger partial charge is 0.257 e. The van der Waals surface area contributed by atoms with Gasteiger partial charge in [0.15, 0.2) is 0 Å². The third-order valence-electron chi connectivity index (χ3n) is 2.38. The van der Waals surface area contributed by atoms with Gasteiger partial charge in [-0.25, -0.2) is 4.98 Å². The molecular formula is C11H12ClN5O. The van der Waals surface area contributed by atoms with Gasteiger partial charge in [-0.15, -0.1) is 0 Å². The molecule has 0 radical (unpaired) electrons. The maximum Gasteiger partial charge on any atom is 0.257 e. The molecule has 2 heterocycles. The Balaban J connectivity index is 2.27. The fourth-order valence-electron chi connectivity index (χ4n) is 1.54. The summed E-state index contributed by atoms with van der Waals surface area (Å²) < 4.78 is 1.62. The zero-order chi connectivity index (χ0) is 13.3. The van der Waals surface area contributed by atoms with E-state index in [9.17, 15) is 4.79 Å². The van der Waals surface area contributed by atoms with Crippen LogP contribution in [0.1, 0.15) is 16.1 Å². The number of nitrogens with one attached hydrogen (secondary N) is 1. The summed E-state index contributed by atoms with van der Waals surface area (Å²) in [5, 5.41) is 7.11. The Hall–Kier alpha value is -2.08. The normalized spacial score (nSPS) is 10.4. The van der Waals surface area contributed by atoms with Crippen LogP contribution in [0.2, 0.25) is 5.02 Å². The molecule has 0 unspecified atom stereocenters. The lowest BCUT2D eigenvalue weighted by Crippen LogP contribution is -2.13. The van der Waals surface area contributed by atoms with Crippen LogP contribution in [0.3, 0.4) is 0 Å². The predicted molar refractivity (Wildman–Crippen MR) is 69.6 cm³/mol. The molecule has 0 saturated heterocycles. The van der Waals surface area contributed by atoms with E-state index >= 15 is 0 Å². The van der Waals surface area contributed by atoms with Crippen molar-refractivity contribution in [2.75, 3.05) is 11.1 Å². The molecule has 18 heavy (non-hydrogen) atoms. The highest BCUT2D eigenvalue weighted by Crippen LogP contribution is 2.19. The number of nitrogens with zero attached hydrogens (tertiary/aromatic N) is 3. The van der Waals surface area contributed by atoms with Crippen molar-refractivity contribution in [3.63, 3.8) is 0 Å². The number of nitrogens with two attached hydrogens (primary N) is 1. The quantitative estimate of drug-likeness (QED) is 0.864. The first-order chi connectivity index (χ1) is 8.47. The minimum Gasteiger partial charge on any atom is -0.384 e. The SMILES string of the molecule is Cc1nn(C)cc1NC(=O)c1cc(N)ncc1Cl. The van der Waals surface area contributed by atoms with Crippen molar-refractivity contribution in [3.8, 4) is 0 Å². The van der Waals surface area contributed by atoms with Crippen molar-refractivity contribution >= 4 is 29.0 Å². The van der Waals surface area contributed by atoms with E-state index in [1.54, 1.807) is 24.9 Å². The van der Waals surface area contributed by atoms with Crippen molar-refractivity contribution in [3.05, 3.63) is 34.7 Å². The first-order valence-electron chi connectivity index (χ1n) is 5.20. The lowest BCUT2D eigenvalue weighted by molar-refractivity contribution is 0.102. The van der Waals surface area contributed by atoms with Gasteiger partial charge in [-0.3, -0.25) is 9.48 Å². The Morgan fingerprint density at radius 3 is 2.89 bits per heavy atom. The van der Waals surface area contributed by atoms with Crippen molar-refractivity contribution in [2.45, 2.75) is 6.92 Å². The fraction of sp³-hybridized carbons (Fsp3) is 0.182. The number of aryl methyl sites for hydroxylation is 2. The monoisotopic (exact) mass is 265 g/mol. The van der Waals surface area contributed by atoms with Crippen molar-refractivity contribution in [1.29, 1.82) is 0 Å². The van der Waals surface area contributed by atoms with Gasteiger partial charge in [0, 0.05) is 19.4 Å². The van der Waals surface area contributed by atoms with E-state index in [0.717, 1.165) is 5.69 Å². The number of pyridine rings is 1. The molecule has 0 aromatic carbocycles. The van der Waals surface area contributed by atoms with Crippen LogP contribution in [0, 0.1) is 6.92 Å². The highest BCUT2D eigenvalue weighted by molar-refractivity contribution is 6.34. The lowest BCUT2D eigenvalue weighted by atomic mass is 10.2. The van der Waals surface area contributed by atoms with E-state index in [1.165, 1.54) is 12.3 Å². The summed E-state index contributed by atoms with van der Waals surface area (Å²) in [5.74, 6) is -0.0994. The maximum absolute atomic E-state index is 12.0. The third-order valence-corrected chi connectivity index (χ3v) is 2.68. The Morgan fingerprint density at radius 2 is 2.28 bits per heavy atom. The molecule has 6 nitrogen and oxygen atoms in total. The van der Waals surface area contributed by atoms with Gasteiger partial charge in [0.25, 0.3) is 5.91 Å². The van der Waals surface area contributed by atoms with Crippen LogP contribution < -0.4 is 11.1 Å². The second kappa shape index (κ2) is 4.66. The first kappa shape index (κ1) is 12.4. The molecule has 0 spiro atoms. The van der Waals surface area contributed by atoms with E-state index in [-0.39, 0.29) is 22.3 Å². The summed E-state index contributed by atoms with van der Waals surface area (Å²) in [5.41, 5.74) is 7.17. The van der Waals surface area contributed by atoms with Gasteiger partial charge in [-0.1, -0.05) is 11.6 Å². The van der Waals surface area contributed by atoms with Gasteiger partial charge in [0.2, 0.25) is 0 Å². The summed E-state index contributed by atoms with van der Waals surface area (Å²) in [7, 11) is 1.78. The molecule has 94 valence electrons. The number of hydrogen-bond acceptors (Lipinski definition) is 4. The summed E-state index contributed by atoms with van der Waals surface area (Å²) in [4.78, 5) is 15.8. The average Bonchev–Trinajstić information content (AvgIpc) is 2.61. The van der Waals surface area contributed by atoms with Gasteiger partial charge in [0.1, 0.15) is 5.82 Å². The lowest BCUT2D eigenvalue weighted by Gasteiger charge is -2.05. The number of amides is 1. The zero-order valence-electron chi connectivity index (χ0n) is 9.94. The van der Waals surface area contributed by atoms with Crippen LogP contribution in [0.25, 0.3) is 0 Å². The molecule has 7 heteroatoms. The molecule has 0 aliphatic rings. The summed E-state index contributed by atoms with van der Waals surface area (Å²) in [6, 6.07) is 1.43. The molecule has 2 aromatic heterocycles. The molecule has 3 N–H and O–H groups in total. The van der Waals surface area contributed by atoms with Crippen LogP contribution in [0.4, 0.5) is 11.5 Å². The highest BCUT2D eigenvalue weighted by Gasteiger charge is 2.13. The molecule has 2 rings (SSSR count). The number of aromatic nitrogens is 3. The van der Waals surface area contributed by atoms with Gasteiger partial charge < -0.3 is 11.1 Å². The third kappa shape index (κ3) is 2.43. The Bertz CT molecular complexity index is 607. The summed E-state index contributed by atoms with van der Waals surface area (Å²) in [6.45, 7) is 1.80. The van der Waals surface area contributed by atoms with E-state index in [4.69, 9.17) is 17.3 Å². The second-order valence-corrected chi connectivity index (χ2v) is 4.25. The number of rotatable bonds is 2. The summed E-state index contributed by atoms with van der Waals surface area (Å²) >= 11 is 5.90. The Kier molecular flexibility index (Phi) is 3.20. The van der Waals surface area contributed by atoms with Gasteiger partial charge >= 0.3 is 0 Å². The van der Waals surface area contributed by atoms with Gasteiger partial charge in [-0.05, 0) is 13.0 Å². The largest absolute Gasteiger partial charge is 0.384 e.